The van der Waals surface area contributed by atoms with Crippen molar-refractivity contribution in [1.29, 1.82) is 5.26 Å². The molecule has 2 aliphatic rings. The molecular weight excluding hydrogens is 361 g/mol. The third kappa shape index (κ3) is 3.59. The number of nitriles is 1. The van der Waals surface area contributed by atoms with Crippen molar-refractivity contribution in [3.63, 3.8) is 0 Å². The molecule has 0 aliphatic carbocycles. The lowest BCUT2D eigenvalue weighted by molar-refractivity contribution is -0.0262. The summed E-state index contributed by atoms with van der Waals surface area (Å²) in [6.45, 7) is 17.8. The maximum Gasteiger partial charge on any atom is 0.335 e. The van der Waals surface area contributed by atoms with Crippen molar-refractivity contribution in [1.82, 2.24) is 0 Å². The largest absolute Gasteiger partial charge is 0.414 e. The zero-order chi connectivity index (χ0) is 19.9. The van der Waals surface area contributed by atoms with Gasteiger partial charge in [0.05, 0.1) is 24.7 Å². The fourth-order valence-electron chi connectivity index (χ4n) is 4.35. The predicted molar refractivity (Wildman–Crippen MR) is 107 cm³/mol. The maximum atomic E-state index is 9.62. The summed E-state index contributed by atoms with van der Waals surface area (Å²) in [5.41, 5.74) is 1.03. The molecule has 2 fully saturated rings. The van der Waals surface area contributed by atoms with Crippen LogP contribution in [0, 0.1) is 17.2 Å². The Kier molecular flexibility index (Phi) is 6.86. The lowest BCUT2D eigenvalue weighted by Crippen LogP contribution is -2.65. The highest BCUT2D eigenvalue weighted by Gasteiger charge is 2.61. The number of hydrogen-bond acceptors (Lipinski definition) is 5. The van der Waals surface area contributed by atoms with E-state index in [0.717, 1.165) is 0 Å². The van der Waals surface area contributed by atoms with E-state index in [2.05, 4.69) is 61.5 Å². The molecule has 26 heavy (non-hydrogen) atoms. The van der Waals surface area contributed by atoms with Gasteiger partial charge in [0.15, 0.2) is 0 Å². The van der Waals surface area contributed by atoms with E-state index in [4.69, 9.17) is 25.6 Å². The number of ether oxygens (including phenoxy) is 1. The van der Waals surface area contributed by atoms with Crippen LogP contribution in [0.3, 0.4) is 0 Å². The van der Waals surface area contributed by atoms with E-state index >= 15 is 0 Å². The summed E-state index contributed by atoms with van der Waals surface area (Å²) < 4.78 is 26.4. The minimum atomic E-state index is -2.70. The fraction of sp³-hybridized carbons (Fsp3) is 0.944. The van der Waals surface area contributed by atoms with Crippen molar-refractivity contribution < 1.29 is 17.7 Å². The van der Waals surface area contributed by atoms with Crippen LogP contribution >= 0.6 is 0 Å². The molecule has 0 aromatic rings. The van der Waals surface area contributed by atoms with E-state index < -0.39 is 35.1 Å². The van der Waals surface area contributed by atoms with Gasteiger partial charge in [0.25, 0.3) is 0 Å². The summed E-state index contributed by atoms with van der Waals surface area (Å²) in [6, 6.07) is 1.65. The summed E-state index contributed by atoms with van der Waals surface area (Å²) in [7, 11) is 0.818. The monoisotopic (exact) mass is 395 g/mol. The lowest BCUT2D eigenvalue weighted by atomic mass is 9.86. The van der Waals surface area contributed by atoms with Crippen LogP contribution in [0.25, 0.3) is 0 Å². The molecule has 2 radical (unpaired) electrons. The Hall–Kier alpha value is -0.171. The first-order valence-corrected chi connectivity index (χ1v) is 13.8. The summed E-state index contributed by atoms with van der Waals surface area (Å²) >= 11 is 0. The molecule has 4 atom stereocenters. The zero-order valence-electron chi connectivity index (χ0n) is 17.5. The standard InChI is InChI=1S/C18H34BNO4Si2/c1-11(2)25(12(3)4)21-10-16-17(15(9-20)18(19)22-16)23-26(24-25,13(5)6)14(7)8/h11-18H,10H2,1-8H3/t15-,16-,17?,18+/m0/s1. The Morgan fingerprint density at radius 1 is 0.923 bits per heavy atom. The van der Waals surface area contributed by atoms with Crippen LogP contribution in [0.4, 0.5) is 0 Å². The van der Waals surface area contributed by atoms with E-state index in [9.17, 15) is 5.26 Å². The first-order valence-electron chi connectivity index (χ1n) is 9.84. The first kappa shape index (κ1) is 22.1. The smallest absolute Gasteiger partial charge is 0.335 e. The molecule has 0 aromatic heterocycles. The van der Waals surface area contributed by atoms with Gasteiger partial charge in [-0.1, -0.05) is 55.4 Å². The Morgan fingerprint density at radius 3 is 1.85 bits per heavy atom. The summed E-state index contributed by atoms with van der Waals surface area (Å²) in [5.74, 6) is -0.496. The van der Waals surface area contributed by atoms with Crippen LogP contribution in [0.1, 0.15) is 55.4 Å². The van der Waals surface area contributed by atoms with Gasteiger partial charge in [-0.25, -0.2) is 0 Å². The van der Waals surface area contributed by atoms with Gasteiger partial charge < -0.3 is 17.7 Å². The second-order valence-corrected chi connectivity index (χ2v) is 17.7. The molecule has 146 valence electrons. The summed E-state index contributed by atoms with van der Waals surface area (Å²) in [5, 5.41) is 9.62. The third-order valence-electron chi connectivity index (χ3n) is 5.89. The highest BCUT2D eigenvalue weighted by Crippen LogP contribution is 2.47. The molecule has 2 aliphatic heterocycles. The van der Waals surface area contributed by atoms with Crippen molar-refractivity contribution in [3.8, 4) is 6.07 Å². The quantitative estimate of drug-likeness (QED) is 0.674. The van der Waals surface area contributed by atoms with E-state index in [1.165, 1.54) is 0 Å². The molecule has 0 N–H and O–H groups in total. The molecule has 0 saturated carbocycles. The van der Waals surface area contributed by atoms with E-state index in [1.807, 2.05) is 0 Å². The molecular formula is C18H34BNO4Si2. The topological polar surface area (TPSA) is 60.7 Å². The molecule has 0 amide bonds. The van der Waals surface area contributed by atoms with Crippen LogP contribution in [-0.4, -0.2) is 49.8 Å². The van der Waals surface area contributed by atoms with Gasteiger partial charge in [-0.3, -0.25) is 0 Å². The minimum absolute atomic E-state index is 0.227. The van der Waals surface area contributed by atoms with Gasteiger partial charge >= 0.3 is 17.1 Å². The summed E-state index contributed by atoms with van der Waals surface area (Å²) in [4.78, 5) is 0. The van der Waals surface area contributed by atoms with Gasteiger partial charge in [0.2, 0.25) is 0 Å². The normalized spacial score (nSPS) is 34.0. The lowest BCUT2D eigenvalue weighted by Gasteiger charge is -2.51. The second kappa shape index (κ2) is 8.06. The molecule has 2 heterocycles. The van der Waals surface area contributed by atoms with Crippen LogP contribution in [0.5, 0.6) is 0 Å². The Balaban J connectivity index is 2.56. The van der Waals surface area contributed by atoms with Crippen molar-refractivity contribution >= 4 is 25.0 Å². The molecule has 8 heteroatoms. The number of rotatable bonds is 4. The van der Waals surface area contributed by atoms with Crippen LogP contribution < -0.4 is 0 Å². The zero-order valence-corrected chi connectivity index (χ0v) is 19.5. The van der Waals surface area contributed by atoms with Crippen LogP contribution in [0.15, 0.2) is 0 Å². The first-order chi connectivity index (χ1) is 12.0. The molecule has 0 spiro atoms. The molecule has 0 aromatic carbocycles. The highest BCUT2D eigenvalue weighted by molar-refractivity contribution is 6.83. The SMILES string of the molecule is [B][C@@H]1O[C@H]2CO[Si](C(C)C)(C(C)C)O[Si](C(C)C)(C(C)C)OC2[C@@H]1C#N. The molecule has 5 nitrogen and oxygen atoms in total. The van der Waals surface area contributed by atoms with E-state index in [-0.39, 0.29) is 28.3 Å². The third-order valence-corrected chi connectivity index (χ3v) is 16.1. The number of hydrogen-bond donors (Lipinski definition) is 0. The fourth-order valence-corrected chi connectivity index (χ4v) is 15.6. The van der Waals surface area contributed by atoms with Gasteiger partial charge in [-0.15, -0.1) is 0 Å². The molecule has 2 rings (SSSR count). The van der Waals surface area contributed by atoms with Crippen molar-refractivity contribution in [2.24, 2.45) is 5.92 Å². The average Bonchev–Trinajstić information content (AvgIpc) is 2.80. The van der Waals surface area contributed by atoms with E-state index in [0.29, 0.717) is 6.61 Å². The van der Waals surface area contributed by atoms with Gasteiger partial charge in [-0.2, -0.15) is 5.26 Å². The Morgan fingerprint density at radius 2 is 1.42 bits per heavy atom. The molecule has 2 saturated heterocycles. The summed E-state index contributed by atoms with van der Waals surface area (Å²) in [6.07, 6.45) is -0.704. The predicted octanol–water partition coefficient (Wildman–Crippen LogP) is 3.98. The highest BCUT2D eigenvalue weighted by atomic mass is 28.5. The number of nitrogens with zero attached hydrogens (tertiary/aromatic N) is 1. The van der Waals surface area contributed by atoms with E-state index in [1.54, 1.807) is 0 Å². The minimum Gasteiger partial charge on any atom is -0.414 e. The van der Waals surface area contributed by atoms with Gasteiger partial charge in [0, 0.05) is 6.00 Å². The van der Waals surface area contributed by atoms with Crippen molar-refractivity contribution in [3.05, 3.63) is 0 Å². The molecule has 1 unspecified atom stereocenters. The van der Waals surface area contributed by atoms with Gasteiger partial charge in [-0.05, 0) is 22.2 Å². The number of fused-ring (bicyclic) bond motifs is 1. The average molecular weight is 395 g/mol. The van der Waals surface area contributed by atoms with Crippen molar-refractivity contribution in [2.45, 2.75) is 95.8 Å². The Labute approximate surface area is 162 Å². The van der Waals surface area contributed by atoms with Gasteiger partial charge in [0.1, 0.15) is 14.0 Å². The molecule has 0 bridgehead atoms. The maximum absolute atomic E-state index is 9.62. The van der Waals surface area contributed by atoms with Crippen LogP contribution in [-0.2, 0) is 17.7 Å². The van der Waals surface area contributed by atoms with Crippen LogP contribution in [0.2, 0.25) is 22.2 Å². The van der Waals surface area contributed by atoms with Crippen molar-refractivity contribution in [2.75, 3.05) is 6.61 Å². The second-order valence-electron chi connectivity index (χ2n) is 8.85. The Bertz CT molecular complexity index is 522.